The number of hydrogen-bond acceptors (Lipinski definition) is 4. The summed E-state index contributed by atoms with van der Waals surface area (Å²) in [6, 6.07) is 7.36. The van der Waals surface area contributed by atoms with Crippen LogP contribution >= 0.6 is 35.6 Å². The van der Waals surface area contributed by atoms with E-state index in [1.54, 1.807) is 13.1 Å². The molecule has 150 valence electrons. The fraction of sp³-hybridized carbons (Fsp3) is 0.588. The predicted octanol–water partition coefficient (Wildman–Crippen LogP) is 3.10. The van der Waals surface area contributed by atoms with Gasteiger partial charge in [-0.25, -0.2) is 8.42 Å². The SMILES string of the molecule is CCC(CNC(=NC)NC(C)CCS(C)(=O)=O)Oc1ccccc1Cl.I. The molecule has 0 spiro atoms. The first-order valence-electron chi connectivity index (χ1n) is 8.31. The van der Waals surface area contributed by atoms with Gasteiger partial charge in [-0.15, -0.1) is 24.0 Å². The van der Waals surface area contributed by atoms with E-state index in [1.165, 1.54) is 6.26 Å². The average Bonchev–Trinajstić information content (AvgIpc) is 2.56. The zero-order valence-corrected chi connectivity index (χ0v) is 19.6. The highest BCUT2D eigenvalue weighted by molar-refractivity contribution is 14.0. The maximum atomic E-state index is 11.2. The van der Waals surface area contributed by atoms with E-state index in [1.807, 2.05) is 32.0 Å². The first kappa shape index (κ1) is 25.3. The van der Waals surface area contributed by atoms with Gasteiger partial charge in [-0.1, -0.05) is 30.7 Å². The average molecular weight is 518 g/mol. The lowest BCUT2D eigenvalue weighted by molar-refractivity contribution is 0.199. The van der Waals surface area contributed by atoms with Crippen LogP contribution in [0.5, 0.6) is 5.75 Å². The molecule has 0 saturated heterocycles. The summed E-state index contributed by atoms with van der Waals surface area (Å²) in [5.74, 6) is 1.41. The summed E-state index contributed by atoms with van der Waals surface area (Å²) in [7, 11) is -1.29. The van der Waals surface area contributed by atoms with Crippen LogP contribution < -0.4 is 15.4 Å². The van der Waals surface area contributed by atoms with Gasteiger partial charge in [-0.2, -0.15) is 0 Å². The number of hydrogen-bond donors (Lipinski definition) is 2. The van der Waals surface area contributed by atoms with Gasteiger partial charge in [0.15, 0.2) is 5.96 Å². The van der Waals surface area contributed by atoms with Crippen molar-refractivity contribution in [3.63, 3.8) is 0 Å². The first-order valence-corrected chi connectivity index (χ1v) is 10.7. The molecule has 0 aliphatic rings. The number of benzene rings is 1. The number of halogens is 2. The van der Waals surface area contributed by atoms with Gasteiger partial charge < -0.3 is 15.4 Å². The quantitative estimate of drug-likeness (QED) is 0.299. The maximum absolute atomic E-state index is 11.2. The molecule has 0 bridgehead atoms. The summed E-state index contributed by atoms with van der Waals surface area (Å²) in [6.07, 6.45) is 2.50. The van der Waals surface area contributed by atoms with Crippen molar-refractivity contribution < 1.29 is 13.2 Å². The van der Waals surface area contributed by atoms with E-state index in [0.717, 1.165) is 6.42 Å². The number of para-hydroxylation sites is 1. The summed E-state index contributed by atoms with van der Waals surface area (Å²) in [6.45, 7) is 4.52. The molecule has 0 heterocycles. The van der Waals surface area contributed by atoms with Crippen LogP contribution in [0.1, 0.15) is 26.7 Å². The molecular weight excluding hydrogens is 489 g/mol. The lowest BCUT2D eigenvalue weighted by Crippen LogP contribution is -2.46. The zero-order valence-electron chi connectivity index (χ0n) is 15.7. The minimum atomic E-state index is -2.96. The largest absolute Gasteiger partial charge is 0.487 e. The van der Waals surface area contributed by atoms with Gasteiger partial charge in [0.2, 0.25) is 0 Å². The first-order chi connectivity index (χ1) is 11.7. The molecule has 9 heteroatoms. The second-order valence-electron chi connectivity index (χ2n) is 6.00. The molecule has 0 saturated carbocycles. The van der Waals surface area contributed by atoms with Crippen molar-refractivity contribution in [2.24, 2.45) is 4.99 Å². The van der Waals surface area contributed by atoms with Crippen LogP contribution in [0.3, 0.4) is 0 Å². The fourth-order valence-corrected chi connectivity index (χ4v) is 3.05. The highest BCUT2D eigenvalue weighted by Gasteiger charge is 2.13. The number of sulfone groups is 1. The predicted molar refractivity (Wildman–Crippen MR) is 120 cm³/mol. The third-order valence-corrected chi connectivity index (χ3v) is 4.90. The summed E-state index contributed by atoms with van der Waals surface area (Å²) in [5, 5.41) is 6.98. The summed E-state index contributed by atoms with van der Waals surface area (Å²) >= 11 is 6.13. The molecule has 0 radical (unpaired) electrons. The molecule has 6 nitrogen and oxygen atoms in total. The van der Waals surface area contributed by atoms with Crippen molar-refractivity contribution in [2.75, 3.05) is 25.6 Å². The summed E-state index contributed by atoms with van der Waals surface area (Å²) < 4.78 is 28.4. The minimum Gasteiger partial charge on any atom is -0.487 e. The second-order valence-corrected chi connectivity index (χ2v) is 8.66. The van der Waals surface area contributed by atoms with Gasteiger partial charge in [-0.05, 0) is 31.9 Å². The highest BCUT2D eigenvalue weighted by Crippen LogP contribution is 2.24. The third kappa shape index (κ3) is 10.4. The third-order valence-electron chi connectivity index (χ3n) is 3.61. The minimum absolute atomic E-state index is 0. The Morgan fingerprint density at radius 2 is 2.00 bits per heavy atom. The molecule has 0 fully saturated rings. The Bertz CT molecular complexity index is 671. The van der Waals surface area contributed by atoms with Crippen LogP contribution in [0.15, 0.2) is 29.3 Å². The molecule has 1 aromatic rings. The van der Waals surface area contributed by atoms with Gasteiger partial charge in [0.25, 0.3) is 0 Å². The maximum Gasteiger partial charge on any atom is 0.191 e. The van der Waals surface area contributed by atoms with Gasteiger partial charge >= 0.3 is 0 Å². The van der Waals surface area contributed by atoms with Crippen LogP contribution in [-0.2, 0) is 9.84 Å². The van der Waals surface area contributed by atoms with E-state index >= 15 is 0 Å². The molecule has 0 aliphatic carbocycles. The second kappa shape index (κ2) is 12.6. The van der Waals surface area contributed by atoms with Gasteiger partial charge in [0.1, 0.15) is 21.7 Å². The van der Waals surface area contributed by atoms with Gasteiger partial charge in [0, 0.05) is 19.3 Å². The van der Waals surface area contributed by atoms with Crippen molar-refractivity contribution in [3.8, 4) is 5.75 Å². The number of rotatable bonds is 9. The highest BCUT2D eigenvalue weighted by atomic mass is 127. The van der Waals surface area contributed by atoms with Gasteiger partial charge in [0.05, 0.1) is 17.3 Å². The zero-order chi connectivity index (χ0) is 18.9. The van der Waals surface area contributed by atoms with E-state index in [0.29, 0.717) is 29.7 Å². The van der Waals surface area contributed by atoms with Crippen LogP contribution in [-0.4, -0.2) is 52.1 Å². The number of nitrogens with one attached hydrogen (secondary N) is 2. The van der Waals surface area contributed by atoms with E-state index < -0.39 is 9.84 Å². The van der Waals surface area contributed by atoms with Crippen molar-refractivity contribution in [1.29, 1.82) is 0 Å². The smallest absolute Gasteiger partial charge is 0.191 e. The number of ether oxygens (including phenoxy) is 1. The van der Waals surface area contributed by atoms with E-state index in [-0.39, 0.29) is 41.9 Å². The summed E-state index contributed by atoms with van der Waals surface area (Å²) in [4.78, 5) is 4.17. The molecular formula is C17H29ClIN3O3S. The van der Waals surface area contributed by atoms with Crippen molar-refractivity contribution in [3.05, 3.63) is 29.3 Å². The number of aliphatic imine (C=N–C) groups is 1. The lowest BCUT2D eigenvalue weighted by Gasteiger charge is -2.22. The van der Waals surface area contributed by atoms with Crippen LogP contribution in [0, 0.1) is 0 Å². The Hall–Kier alpha value is -0.740. The molecule has 1 aromatic carbocycles. The van der Waals surface area contributed by atoms with Gasteiger partial charge in [-0.3, -0.25) is 4.99 Å². The van der Waals surface area contributed by atoms with Crippen molar-refractivity contribution >= 4 is 51.4 Å². The summed E-state index contributed by atoms with van der Waals surface area (Å²) in [5.41, 5.74) is 0. The van der Waals surface area contributed by atoms with E-state index in [2.05, 4.69) is 15.6 Å². The topological polar surface area (TPSA) is 79.8 Å². The number of nitrogens with zero attached hydrogens (tertiary/aromatic N) is 1. The molecule has 2 unspecified atom stereocenters. The normalized spacial score (nSPS) is 14.1. The Kier molecular flexibility index (Phi) is 12.3. The molecule has 1 rings (SSSR count). The molecule has 2 atom stereocenters. The fourth-order valence-electron chi connectivity index (χ4n) is 2.09. The monoisotopic (exact) mass is 517 g/mol. The molecule has 0 aliphatic heterocycles. The molecule has 0 amide bonds. The Morgan fingerprint density at radius 1 is 1.35 bits per heavy atom. The van der Waals surface area contributed by atoms with Crippen LogP contribution in [0.25, 0.3) is 0 Å². The Morgan fingerprint density at radius 3 is 2.54 bits per heavy atom. The van der Waals surface area contributed by atoms with Crippen LogP contribution in [0.2, 0.25) is 5.02 Å². The number of guanidine groups is 1. The Labute approximate surface area is 179 Å². The van der Waals surface area contributed by atoms with E-state index in [4.69, 9.17) is 16.3 Å². The lowest BCUT2D eigenvalue weighted by atomic mass is 10.2. The molecule has 26 heavy (non-hydrogen) atoms. The van der Waals surface area contributed by atoms with Crippen LogP contribution in [0.4, 0.5) is 0 Å². The van der Waals surface area contributed by atoms with Crippen molar-refractivity contribution in [2.45, 2.75) is 38.8 Å². The Balaban J connectivity index is 0.00000625. The molecule has 2 N–H and O–H groups in total. The molecule has 0 aromatic heterocycles. The van der Waals surface area contributed by atoms with E-state index in [9.17, 15) is 8.42 Å². The standard InChI is InChI=1S/C17H28ClN3O3S.HI/c1-5-14(24-16-9-7-6-8-15(16)18)12-20-17(19-3)21-13(2)10-11-25(4,22)23;/h6-9,13-14H,5,10-12H2,1-4H3,(H2,19,20,21);1H. The van der Waals surface area contributed by atoms with Crippen molar-refractivity contribution in [1.82, 2.24) is 10.6 Å².